The minimum absolute atomic E-state index is 0.147. The average Bonchev–Trinajstić information content (AvgIpc) is 2.65. The van der Waals surface area contributed by atoms with Gasteiger partial charge in [-0.1, -0.05) is 11.6 Å². The first-order chi connectivity index (χ1) is 12.8. The molecule has 2 aromatic heterocycles. The molecule has 0 aliphatic rings. The third-order valence-corrected chi connectivity index (χ3v) is 4.54. The Balaban J connectivity index is 2.23. The summed E-state index contributed by atoms with van der Waals surface area (Å²) in [4.78, 5) is 41.8. The molecule has 0 aliphatic heterocycles. The van der Waals surface area contributed by atoms with Crippen molar-refractivity contribution in [3.63, 3.8) is 0 Å². The third-order valence-electron chi connectivity index (χ3n) is 4.30. The maximum Gasteiger partial charge on any atom is 0.332 e. The molecular formula is C18H17ClN4O4. The van der Waals surface area contributed by atoms with Crippen LogP contribution >= 0.6 is 11.6 Å². The molecule has 0 radical (unpaired) electrons. The van der Waals surface area contributed by atoms with Gasteiger partial charge in [0.05, 0.1) is 18.4 Å². The Labute approximate surface area is 159 Å². The van der Waals surface area contributed by atoms with E-state index in [4.69, 9.17) is 16.3 Å². The molecule has 0 unspecified atom stereocenters. The molecule has 27 heavy (non-hydrogen) atoms. The van der Waals surface area contributed by atoms with Crippen molar-refractivity contribution in [1.29, 1.82) is 0 Å². The van der Waals surface area contributed by atoms with Crippen molar-refractivity contribution < 1.29 is 9.53 Å². The van der Waals surface area contributed by atoms with Crippen LogP contribution in [-0.2, 0) is 14.1 Å². The molecule has 3 rings (SSSR count). The van der Waals surface area contributed by atoms with Gasteiger partial charge in [0, 0.05) is 25.3 Å². The smallest absolute Gasteiger partial charge is 0.332 e. The van der Waals surface area contributed by atoms with E-state index in [1.807, 2.05) is 0 Å². The molecule has 140 valence electrons. The molecule has 1 amide bonds. The van der Waals surface area contributed by atoms with Gasteiger partial charge in [0.1, 0.15) is 11.1 Å². The zero-order valence-electron chi connectivity index (χ0n) is 15.2. The van der Waals surface area contributed by atoms with Crippen molar-refractivity contribution in [2.45, 2.75) is 6.92 Å². The highest BCUT2D eigenvalue weighted by atomic mass is 35.5. The number of aryl methyl sites for hydroxylation is 2. The summed E-state index contributed by atoms with van der Waals surface area (Å²) < 4.78 is 7.44. The number of pyridine rings is 1. The average molecular weight is 389 g/mol. The van der Waals surface area contributed by atoms with E-state index in [-0.39, 0.29) is 22.3 Å². The maximum absolute atomic E-state index is 12.8. The number of aromatic nitrogens is 3. The fourth-order valence-electron chi connectivity index (χ4n) is 2.82. The highest BCUT2D eigenvalue weighted by molar-refractivity contribution is 6.31. The molecule has 0 saturated carbocycles. The summed E-state index contributed by atoms with van der Waals surface area (Å²) in [5.74, 6) is -0.158. The van der Waals surface area contributed by atoms with Crippen molar-refractivity contribution >= 4 is 34.2 Å². The van der Waals surface area contributed by atoms with Gasteiger partial charge in [0.25, 0.3) is 11.5 Å². The highest BCUT2D eigenvalue weighted by Gasteiger charge is 2.20. The van der Waals surface area contributed by atoms with Crippen molar-refractivity contribution in [3.8, 4) is 5.75 Å². The number of fused-ring (bicyclic) bond motifs is 1. The Kier molecular flexibility index (Phi) is 4.75. The van der Waals surface area contributed by atoms with Crippen LogP contribution in [0.1, 0.15) is 15.9 Å². The van der Waals surface area contributed by atoms with Gasteiger partial charge >= 0.3 is 5.69 Å². The maximum atomic E-state index is 12.8. The first-order valence-electron chi connectivity index (χ1n) is 7.96. The number of carbonyl (C=O) groups is 1. The number of benzene rings is 1. The summed E-state index contributed by atoms with van der Waals surface area (Å²) in [5.41, 5.74) is 0.212. The van der Waals surface area contributed by atoms with Gasteiger partial charge in [0.2, 0.25) is 0 Å². The summed E-state index contributed by atoms with van der Waals surface area (Å²) in [5, 5.41) is 3.26. The lowest BCUT2D eigenvalue weighted by Crippen LogP contribution is -2.37. The lowest BCUT2D eigenvalue weighted by Gasteiger charge is -2.15. The monoisotopic (exact) mass is 388 g/mol. The summed E-state index contributed by atoms with van der Waals surface area (Å²) in [6.07, 6.45) is 1.49. The van der Waals surface area contributed by atoms with Gasteiger partial charge in [-0.2, -0.15) is 0 Å². The molecule has 2 heterocycles. The number of methoxy groups -OCH3 is 1. The second-order valence-corrected chi connectivity index (χ2v) is 6.46. The molecule has 0 saturated heterocycles. The molecule has 0 bridgehead atoms. The standard InChI is InChI=1S/C18H17ClN4O4/c1-9-8-20-15-13(17(25)23(3)18(26)22(15)2)14(9)21-16(24)11-7-10(19)5-6-12(11)27-4/h5-8H,1-4H3,(H,20,21,24). The second kappa shape index (κ2) is 6.88. The Morgan fingerprint density at radius 1 is 1.22 bits per heavy atom. The lowest BCUT2D eigenvalue weighted by molar-refractivity contribution is 0.102. The topological polar surface area (TPSA) is 95.2 Å². The van der Waals surface area contributed by atoms with E-state index in [0.29, 0.717) is 16.3 Å². The Hall–Kier alpha value is -3.13. The molecule has 0 atom stereocenters. The molecule has 0 aliphatic carbocycles. The fourth-order valence-corrected chi connectivity index (χ4v) is 2.99. The van der Waals surface area contributed by atoms with E-state index in [1.54, 1.807) is 19.1 Å². The van der Waals surface area contributed by atoms with Crippen LogP contribution in [-0.4, -0.2) is 27.1 Å². The summed E-state index contributed by atoms with van der Waals surface area (Å²) in [6, 6.07) is 4.66. The molecule has 0 spiro atoms. The second-order valence-electron chi connectivity index (χ2n) is 6.02. The van der Waals surface area contributed by atoms with Gasteiger partial charge in [-0.3, -0.25) is 18.7 Å². The van der Waals surface area contributed by atoms with Crippen LogP contribution in [0.5, 0.6) is 5.75 Å². The Bertz CT molecular complexity index is 1200. The molecule has 0 fully saturated rings. The van der Waals surface area contributed by atoms with Crippen LogP contribution in [0.4, 0.5) is 5.69 Å². The van der Waals surface area contributed by atoms with Gasteiger partial charge < -0.3 is 10.1 Å². The zero-order valence-corrected chi connectivity index (χ0v) is 15.9. The van der Waals surface area contributed by atoms with Crippen molar-refractivity contribution in [2.24, 2.45) is 14.1 Å². The van der Waals surface area contributed by atoms with Crippen LogP contribution < -0.4 is 21.3 Å². The van der Waals surface area contributed by atoms with E-state index < -0.39 is 17.2 Å². The molecule has 3 aromatic rings. The number of hydrogen-bond donors (Lipinski definition) is 1. The largest absolute Gasteiger partial charge is 0.496 e. The van der Waals surface area contributed by atoms with Crippen LogP contribution in [0.25, 0.3) is 11.0 Å². The normalized spacial score (nSPS) is 10.9. The van der Waals surface area contributed by atoms with Crippen LogP contribution in [0.15, 0.2) is 34.0 Å². The predicted molar refractivity (Wildman–Crippen MR) is 103 cm³/mol. The third kappa shape index (κ3) is 3.08. The number of hydrogen-bond acceptors (Lipinski definition) is 5. The number of nitrogens with one attached hydrogen (secondary N) is 1. The van der Waals surface area contributed by atoms with E-state index in [9.17, 15) is 14.4 Å². The number of ether oxygens (including phenoxy) is 1. The van der Waals surface area contributed by atoms with Crippen molar-refractivity contribution in [3.05, 3.63) is 61.4 Å². The van der Waals surface area contributed by atoms with Crippen LogP contribution in [0.2, 0.25) is 5.02 Å². The lowest BCUT2D eigenvalue weighted by atomic mass is 10.1. The minimum Gasteiger partial charge on any atom is -0.496 e. The van der Waals surface area contributed by atoms with Crippen LogP contribution in [0, 0.1) is 6.92 Å². The number of rotatable bonds is 3. The Morgan fingerprint density at radius 2 is 1.93 bits per heavy atom. The first kappa shape index (κ1) is 18.7. The summed E-state index contributed by atoms with van der Waals surface area (Å²) in [6.45, 7) is 1.71. The predicted octanol–water partition coefficient (Wildman–Crippen LogP) is 1.85. The fraction of sp³-hybridized carbons (Fsp3) is 0.222. The summed E-state index contributed by atoms with van der Waals surface area (Å²) >= 11 is 5.99. The zero-order chi connectivity index (χ0) is 19.9. The minimum atomic E-state index is -0.544. The Morgan fingerprint density at radius 3 is 2.59 bits per heavy atom. The first-order valence-corrected chi connectivity index (χ1v) is 8.34. The van der Waals surface area contributed by atoms with E-state index >= 15 is 0 Å². The van der Waals surface area contributed by atoms with Gasteiger partial charge in [0.15, 0.2) is 5.65 Å². The van der Waals surface area contributed by atoms with Crippen molar-refractivity contribution in [1.82, 2.24) is 14.1 Å². The molecule has 1 N–H and O–H groups in total. The van der Waals surface area contributed by atoms with E-state index in [1.165, 1.54) is 38.0 Å². The summed E-state index contributed by atoms with van der Waals surface area (Å²) in [7, 11) is 4.33. The van der Waals surface area contributed by atoms with Gasteiger partial charge in [-0.05, 0) is 30.7 Å². The molecule has 9 heteroatoms. The van der Waals surface area contributed by atoms with Crippen LogP contribution in [0.3, 0.4) is 0 Å². The molecular weight excluding hydrogens is 372 g/mol. The quantitative estimate of drug-likeness (QED) is 0.738. The van der Waals surface area contributed by atoms with E-state index in [0.717, 1.165) is 4.57 Å². The van der Waals surface area contributed by atoms with Gasteiger partial charge in [-0.15, -0.1) is 0 Å². The number of carbonyl (C=O) groups excluding carboxylic acids is 1. The SMILES string of the molecule is COc1ccc(Cl)cc1C(=O)Nc1c(C)cnc2c1c(=O)n(C)c(=O)n2C. The molecule has 8 nitrogen and oxygen atoms in total. The van der Waals surface area contributed by atoms with Crippen molar-refractivity contribution in [2.75, 3.05) is 12.4 Å². The molecule has 1 aromatic carbocycles. The number of nitrogens with zero attached hydrogens (tertiary/aromatic N) is 3. The number of amides is 1. The highest BCUT2D eigenvalue weighted by Crippen LogP contribution is 2.26. The van der Waals surface area contributed by atoms with Gasteiger partial charge in [-0.25, -0.2) is 9.78 Å². The number of anilines is 1. The van der Waals surface area contributed by atoms with E-state index in [2.05, 4.69) is 10.3 Å². The number of halogens is 1.